The van der Waals surface area contributed by atoms with Gasteiger partial charge < -0.3 is 20.4 Å². The van der Waals surface area contributed by atoms with Gasteiger partial charge in [0.05, 0.1) is 13.2 Å². The third kappa shape index (κ3) is 6.30. The van der Waals surface area contributed by atoms with Crippen LogP contribution >= 0.6 is 0 Å². The molecule has 0 rings (SSSR count). The summed E-state index contributed by atoms with van der Waals surface area (Å²) >= 11 is 0. The quantitative estimate of drug-likeness (QED) is 0.328. The highest BCUT2D eigenvalue weighted by Gasteiger charge is 2.20. The van der Waals surface area contributed by atoms with E-state index in [1.54, 1.807) is 0 Å². The Bertz CT molecular complexity index is 213. The molecule has 0 atom stereocenters. The molecule has 0 amide bonds. The summed E-state index contributed by atoms with van der Waals surface area (Å²) in [7, 11) is 0. The van der Waals surface area contributed by atoms with Gasteiger partial charge in [-0.15, -0.1) is 0 Å². The second-order valence-corrected chi connectivity index (χ2v) is 3.01. The van der Waals surface area contributed by atoms with Crippen molar-refractivity contribution in [2.24, 2.45) is 0 Å². The van der Waals surface area contributed by atoms with Gasteiger partial charge in [0, 0.05) is 13.1 Å². The molecule has 0 spiro atoms. The molecule has 0 aromatic heterocycles. The van der Waals surface area contributed by atoms with Crippen molar-refractivity contribution in [2.75, 3.05) is 39.4 Å². The Morgan fingerprint density at radius 2 is 1.19 bits per heavy atom. The molecular formula is C8H16N2O6. The van der Waals surface area contributed by atoms with E-state index in [0.29, 0.717) is 0 Å². The summed E-state index contributed by atoms with van der Waals surface area (Å²) in [5.74, 6) is -2.36. The lowest BCUT2D eigenvalue weighted by Crippen LogP contribution is -2.50. The minimum atomic E-state index is -1.18. The molecule has 8 nitrogen and oxygen atoms in total. The van der Waals surface area contributed by atoms with E-state index in [2.05, 4.69) is 0 Å². The Kier molecular flexibility index (Phi) is 7.38. The normalized spacial score (nSPS) is 11.0. The maximum Gasteiger partial charge on any atom is 0.319 e. The molecule has 16 heavy (non-hydrogen) atoms. The van der Waals surface area contributed by atoms with Crippen LogP contribution in [0, 0.1) is 0 Å². The van der Waals surface area contributed by atoms with Crippen molar-refractivity contribution in [1.29, 1.82) is 0 Å². The van der Waals surface area contributed by atoms with Gasteiger partial charge in [-0.25, -0.2) is 10.0 Å². The summed E-state index contributed by atoms with van der Waals surface area (Å²) < 4.78 is 0. The van der Waals surface area contributed by atoms with E-state index >= 15 is 0 Å². The van der Waals surface area contributed by atoms with Crippen molar-refractivity contribution in [3.8, 4) is 0 Å². The van der Waals surface area contributed by atoms with Crippen LogP contribution in [0.25, 0.3) is 0 Å². The minimum Gasteiger partial charge on any atom is -0.480 e. The summed E-state index contributed by atoms with van der Waals surface area (Å²) in [5.41, 5.74) is 0. The third-order valence-corrected chi connectivity index (χ3v) is 1.75. The summed E-state index contributed by atoms with van der Waals surface area (Å²) in [4.78, 5) is 21.0. The number of hydrazine groups is 1. The SMILES string of the molecule is O=C(O)CN(CC(=O)O)N(CCO)CCO. The fraction of sp³-hybridized carbons (Fsp3) is 0.750. The van der Waals surface area contributed by atoms with E-state index < -0.39 is 25.0 Å². The molecule has 0 aliphatic heterocycles. The summed E-state index contributed by atoms with van der Waals surface area (Å²) in [6, 6.07) is 0. The van der Waals surface area contributed by atoms with Crippen molar-refractivity contribution in [3.05, 3.63) is 0 Å². The topological polar surface area (TPSA) is 122 Å². The molecule has 4 N–H and O–H groups in total. The summed E-state index contributed by atoms with van der Waals surface area (Å²) in [6.45, 7) is -1.35. The lowest BCUT2D eigenvalue weighted by molar-refractivity contribution is -0.152. The molecule has 0 saturated carbocycles. The third-order valence-electron chi connectivity index (χ3n) is 1.75. The van der Waals surface area contributed by atoms with Gasteiger partial charge in [0.15, 0.2) is 0 Å². The number of hydrogen-bond acceptors (Lipinski definition) is 6. The average molecular weight is 236 g/mol. The van der Waals surface area contributed by atoms with Gasteiger partial charge in [0.25, 0.3) is 0 Å². The minimum absolute atomic E-state index is 0.0706. The Morgan fingerprint density at radius 3 is 1.44 bits per heavy atom. The van der Waals surface area contributed by atoms with E-state index in [-0.39, 0.29) is 26.3 Å². The first-order chi connectivity index (χ1) is 7.51. The zero-order chi connectivity index (χ0) is 12.6. The van der Waals surface area contributed by atoms with Gasteiger partial charge in [0.2, 0.25) is 0 Å². The second kappa shape index (κ2) is 7.99. The Labute approximate surface area is 92.3 Å². The van der Waals surface area contributed by atoms with Gasteiger partial charge in [-0.3, -0.25) is 9.59 Å². The van der Waals surface area contributed by atoms with E-state index in [1.165, 1.54) is 5.01 Å². The number of hydrogen-bond donors (Lipinski definition) is 4. The number of nitrogens with zero attached hydrogens (tertiary/aromatic N) is 2. The molecule has 8 heteroatoms. The molecule has 0 aromatic carbocycles. The van der Waals surface area contributed by atoms with Gasteiger partial charge in [-0.2, -0.15) is 0 Å². The molecule has 0 radical (unpaired) electrons. The maximum absolute atomic E-state index is 10.5. The molecule has 0 unspecified atom stereocenters. The van der Waals surface area contributed by atoms with Gasteiger partial charge in [-0.05, 0) is 0 Å². The van der Waals surface area contributed by atoms with Gasteiger partial charge in [0.1, 0.15) is 13.1 Å². The molecule has 94 valence electrons. The number of aliphatic hydroxyl groups is 2. The molecule has 0 heterocycles. The Morgan fingerprint density at radius 1 is 0.812 bits per heavy atom. The first kappa shape index (κ1) is 14.8. The van der Waals surface area contributed by atoms with Crippen molar-refractivity contribution < 1.29 is 30.0 Å². The van der Waals surface area contributed by atoms with Gasteiger partial charge >= 0.3 is 11.9 Å². The number of carboxylic acid groups (broad SMARTS) is 2. The zero-order valence-corrected chi connectivity index (χ0v) is 8.74. The van der Waals surface area contributed by atoms with E-state index in [9.17, 15) is 9.59 Å². The van der Waals surface area contributed by atoms with Crippen molar-refractivity contribution in [2.45, 2.75) is 0 Å². The number of rotatable bonds is 9. The lowest BCUT2D eigenvalue weighted by atomic mass is 10.5. The predicted molar refractivity (Wildman–Crippen MR) is 52.6 cm³/mol. The van der Waals surface area contributed by atoms with Crippen LogP contribution in [0.2, 0.25) is 0 Å². The van der Waals surface area contributed by atoms with Gasteiger partial charge in [-0.1, -0.05) is 0 Å². The largest absolute Gasteiger partial charge is 0.480 e. The van der Waals surface area contributed by atoms with Crippen molar-refractivity contribution >= 4 is 11.9 Å². The summed E-state index contributed by atoms with van der Waals surface area (Å²) in [5, 5.41) is 37.0. The molecule has 0 saturated heterocycles. The molecular weight excluding hydrogens is 220 g/mol. The highest BCUT2D eigenvalue weighted by Crippen LogP contribution is 1.97. The van der Waals surface area contributed by atoms with Crippen LogP contribution in [0.4, 0.5) is 0 Å². The van der Waals surface area contributed by atoms with Crippen LogP contribution in [-0.4, -0.2) is 81.8 Å². The molecule has 0 bridgehead atoms. The second-order valence-electron chi connectivity index (χ2n) is 3.01. The highest BCUT2D eigenvalue weighted by atomic mass is 16.4. The van der Waals surface area contributed by atoms with E-state index in [0.717, 1.165) is 5.01 Å². The molecule has 0 aliphatic carbocycles. The summed E-state index contributed by atoms with van der Waals surface area (Å²) in [6.07, 6.45) is 0. The Balaban J connectivity index is 4.50. The first-order valence-electron chi connectivity index (χ1n) is 4.66. The first-order valence-corrected chi connectivity index (χ1v) is 4.66. The monoisotopic (exact) mass is 236 g/mol. The predicted octanol–water partition coefficient (Wildman–Crippen LogP) is -2.34. The molecule has 0 fully saturated rings. The van der Waals surface area contributed by atoms with Crippen molar-refractivity contribution in [3.63, 3.8) is 0 Å². The van der Waals surface area contributed by atoms with Crippen LogP contribution in [0.15, 0.2) is 0 Å². The van der Waals surface area contributed by atoms with Crippen molar-refractivity contribution in [1.82, 2.24) is 10.0 Å². The fourth-order valence-electron chi connectivity index (χ4n) is 1.19. The number of aliphatic carboxylic acids is 2. The number of aliphatic hydroxyl groups excluding tert-OH is 2. The number of carbonyl (C=O) groups is 2. The number of carboxylic acids is 2. The van der Waals surface area contributed by atoms with Crippen LogP contribution in [0.1, 0.15) is 0 Å². The lowest BCUT2D eigenvalue weighted by Gasteiger charge is -2.31. The smallest absolute Gasteiger partial charge is 0.319 e. The standard InChI is InChI=1S/C8H16N2O6/c11-3-1-9(2-4-12)10(5-7(13)14)6-8(15)16/h11-12H,1-6H2,(H,13,14)(H,15,16). The van der Waals surface area contributed by atoms with E-state index in [4.69, 9.17) is 20.4 Å². The van der Waals surface area contributed by atoms with Crippen LogP contribution in [0.3, 0.4) is 0 Å². The Hall–Kier alpha value is -1.22. The fourth-order valence-corrected chi connectivity index (χ4v) is 1.19. The maximum atomic E-state index is 10.5. The molecule has 0 aliphatic rings. The highest BCUT2D eigenvalue weighted by molar-refractivity contribution is 5.72. The van der Waals surface area contributed by atoms with Crippen LogP contribution in [-0.2, 0) is 9.59 Å². The van der Waals surface area contributed by atoms with E-state index in [1.807, 2.05) is 0 Å². The molecule has 0 aromatic rings. The zero-order valence-electron chi connectivity index (χ0n) is 8.74. The average Bonchev–Trinajstić information content (AvgIpc) is 2.15. The van der Waals surface area contributed by atoms with Crippen LogP contribution in [0.5, 0.6) is 0 Å². The van der Waals surface area contributed by atoms with Crippen LogP contribution < -0.4 is 0 Å².